The molecule has 1 saturated heterocycles. The van der Waals surface area contributed by atoms with Crippen molar-refractivity contribution in [2.24, 2.45) is 0 Å². The van der Waals surface area contributed by atoms with E-state index in [9.17, 15) is 24.3 Å². The van der Waals surface area contributed by atoms with Gasteiger partial charge in [0.15, 0.2) is 6.04 Å². The van der Waals surface area contributed by atoms with Crippen molar-refractivity contribution in [1.29, 1.82) is 5.26 Å². The summed E-state index contributed by atoms with van der Waals surface area (Å²) in [4.78, 5) is 48.9. The monoisotopic (exact) mass is 476 g/mol. The zero-order valence-electron chi connectivity index (χ0n) is 18.8. The van der Waals surface area contributed by atoms with Gasteiger partial charge in [-0.25, -0.2) is 14.6 Å². The van der Waals surface area contributed by atoms with Crippen molar-refractivity contribution in [3.05, 3.63) is 59.7 Å². The van der Waals surface area contributed by atoms with Gasteiger partial charge in [0.25, 0.3) is 5.91 Å². The van der Waals surface area contributed by atoms with E-state index in [2.05, 4.69) is 10.7 Å². The Labute approximate surface area is 201 Å². The molecular weight excluding hydrogens is 452 g/mol. The number of amides is 3. The van der Waals surface area contributed by atoms with E-state index in [1.807, 2.05) is 54.6 Å². The lowest BCUT2D eigenvalue weighted by molar-refractivity contribution is -0.151. The highest BCUT2D eigenvalue weighted by molar-refractivity contribution is 5.96. The summed E-state index contributed by atoms with van der Waals surface area (Å²) in [6, 6.07) is 15.2. The molecule has 4 rings (SSSR count). The Morgan fingerprint density at radius 2 is 1.77 bits per heavy atom. The number of carboxylic acid groups (broad SMARTS) is 1. The fraction of sp³-hybridized carbons (Fsp3) is 0.320. The van der Waals surface area contributed by atoms with E-state index in [0.717, 1.165) is 27.3 Å². The van der Waals surface area contributed by atoms with Crippen LogP contribution >= 0.6 is 0 Å². The van der Waals surface area contributed by atoms with Crippen molar-refractivity contribution in [3.8, 4) is 17.2 Å². The summed E-state index contributed by atoms with van der Waals surface area (Å²) in [5, 5.41) is 21.4. The summed E-state index contributed by atoms with van der Waals surface area (Å²) >= 11 is 0. The molecule has 1 heterocycles. The zero-order valence-corrected chi connectivity index (χ0v) is 18.8. The Balaban J connectivity index is 1.45. The van der Waals surface area contributed by atoms with Crippen LogP contribution in [0.5, 0.6) is 0 Å². The molecule has 2 atom stereocenters. The third-order valence-corrected chi connectivity index (χ3v) is 6.17. The van der Waals surface area contributed by atoms with E-state index < -0.39 is 36.0 Å². The predicted molar refractivity (Wildman–Crippen MR) is 122 cm³/mol. The quantitative estimate of drug-likeness (QED) is 0.495. The second kappa shape index (κ2) is 10.3. The predicted octanol–water partition coefficient (Wildman–Crippen LogP) is 2.30. The number of alkyl carbamates (subject to hydrolysis) is 1. The number of nitriles is 1. The molecule has 3 amide bonds. The maximum atomic E-state index is 13.0. The molecule has 180 valence electrons. The fourth-order valence-electron chi connectivity index (χ4n) is 4.52. The number of unbranched alkanes of at least 4 members (excludes halogenated alkanes) is 1. The minimum absolute atomic E-state index is 0.0389. The molecule has 0 spiro atoms. The number of hydrazine groups is 1. The van der Waals surface area contributed by atoms with Crippen LogP contribution in [0.3, 0.4) is 0 Å². The Morgan fingerprint density at radius 1 is 1.14 bits per heavy atom. The van der Waals surface area contributed by atoms with Crippen molar-refractivity contribution in [2.45, 2.75) is 43.7 Å². The number of ether oxygens (including phenoxy) is 1. The minimum Gasteiger partial charge on any atom is -0.480 e. The molecule has 2 unspecified atom stereocenters. The molecule has 2 aromatic carbocycles. The van der Waals surface area contributed by atoms with Gasteiger partial charge in [0.2, 0.25) is 5.91 Å². The van der Waals surface area contributed by atoms with Gasteiger partial charge in [-0.15, -0.1) is 0 Å². The number of hydrogen-bond acceptors (Lipinski definition) is 6. The molecule has 0 aromatic heterocycles. The molecule has 0 bridgehead atoms. The molecule has 0 saturated carbocycles. The Morgan fingerprint density at radius 3 is 2.37 bits per heavy atom. The molecular formula is C25H24N4O6. The molecule has 2 aliphatic rings. The van der Waals surface area contributed by atoms with Gasteiger partial charge in [-0.1, -0.05) is 48.5 Å². The Bertz CT molecular complexity index is 1160. The largest absolute Gasteiger partial charge is 0.480 e. The molecule has 3 N–H and O–H groups in total. The van der Waals surface area contributed by atoms with E-state index in [4.69, 9.17) is 10.00 Å². The SMILES string of the molecule is N#CCCCC(NC(=O)OCC1c2ccccc2-c2ccccc21)C(=O)N1NC(=O)CC1C(=O)O. The first-order valence-corrected chi connectivity index (χ1v) is 11.2. The van der Waals surface area contributed by atoms with E-state index in [1.54, 1.807) is 0 Å². The maximum Gasteiger partial charge on any atom is 0.407 e. The number of nitrogens with zero attached hydrogens (tertiary/aromatic N) is 2. The fourth-order valence-corrected chi connectivity index (χ4v) is 4.52. The highest BCUT2D eigenvalue weighted by Gasteiger charge is 2.42. The van der Waals surface area contributed by atoms with Gasteiger partial charge >= 0.3 is 12.1 Å². The summed E-state index contributed by atoms with van der Waals surface area (Å²) in [6.45, 7) is 0.0389. The standard InChI is InChI=1S/C25H24N4O6/c26-12-6-5-11-20(23(31)29-21(24(32)33)13-22(30)28-29)27-25(34)35-14-19-17-9-3-1-7-15(17)16-8-2-4-10-18(16)19/h1-4,7-10,19-21H,5-6,11,13-14H2,(H,27,34)(H,28,30)(H,32,33). The highest BCUT2D eigenvalue weighted by atomic mass is 16.5. The molecule has 10 heteroatoms. The third kappa shape index (κ3) is 4.94. The first-order chi connectivity index (χ1) is 16.9. The number of benzene rings is 2. The number of rotatable bonds is 8. The van der Waals surface area contributed by atoms with Crippen LogP contribution in [-0.2, 0) is 19.1 Å². The Kier molecular flexibility index (Phi) is 6.96. The van der Waals surface area contributed by atoms with Gasteiger partial charge in [0.1, 0.15) is 12.6 Å². The van der Waals surface area contributed by atoms with Crippen LogP contribution in [0, 0.1) is 11.3 Å². The molecule has 1 fully saturated rings. The van der Waals surface area contributed by atoms with Crippen molar-refractivity contribution >= 4 is 23.9 Å². The molecule has 1 aliphatic carbocycles. The summed E-state index contributed by atoms with van der Waals surface area (Å²) < 4.78 is 5.50. The van der Waals surface area contributed by atoms with Crippen LogP contribution in [0.2, 0.25) is 0 Å². The maximum absolute atomic E-state index is 13.0. The van der Waals surface area contributed by atoms with Crippen LogP contribution in [-0.4, -0.2) is 52.7 Å². The summed E-state index contributed by atoms with van der Waals surface area (Å²) in [7, 11) is 0. The molecule has 35 heavy (non-hydrogen) atoms. The van der Waals surface area contributed by atoms with Crippen molar-refractivity contribution in [1.82, 2.24) is 15.8 Å². The number of aliphatic carboxylic acids is 1. The number of carbonyl (C=O) groups excluding carboxylic acids is 3. The molecule has 0 radical (unpaired) electrons. The number of carboxylic acids is 1. The lowest BCUT2D eigenvalue weighted by Crippen LogP contribution is -2.55. The van der Waals surface area contributed by atoms with Crippen LogP contribution in [0.15, 0.2) is 48.5 Å². The average Bonchev–Trinajstić information content (AvgIpc) is 3.40. The van der Waals surface area contributed by atoms with E-state index in [1.165, 1.54) is 0 Å². The van der Waals surface area contributed by atoms with E-state index in [-0.39, 0.29) is 38.2 Å². The normalized spacial score (nSPS) is 17.1. The van der Waals surface area contributed by atoms with Crippen LogP contribution in [0.4, 0.5) is 4.79 Å². The van der Waals surface area contributed by atoms with Crippen LogP contribution in [0.25, 0.3) is 11.1 Å². The summed E-state index contributed by atoms with van der Waals surface area (Å²) in [5.41, 5.74) is 6.45. The second-order valence-electron chi connectivity index (χ2n) is 8.37. The van der Waals surface area contributed by atoms with Crippen molar-refractivity contribution in [3.63, 3.8) is 0 Å². The van der Waals surface area contributed by atoms with Gasteiger partial charge in [-0.3, -0.25) is 15.0 Å². The van der Waals surface area contributed by atoms with E-state index in [0.29, 0.717) is 0 Å². The number of carbonyl (C=O) groups is 4. The van der Waals surface area contributed by atoms with Gasteiger partial charge in [-0.05, 0) is 35.1 Å². The number of nitrogens with one attached hydrogen (secondary N) is 2. The van der Waals surface area contributed by atoms with Gasteiger partial charge in [0.05, 0.1) is 12.5 Å². The summed E-state index contributed by atoms with van der Waals surface area (Å²) in [6.07, 6.45) is -0.715. The lowest BCUT2D eigenvalue weighted by Gasteiger charge is -2.26. The summed E-state index contributed by atoms with van der Waals surface area (Å²) in [5.74, 6) is -2.90. The topological polar surface area (TPSA) is 149 Å². The van der Waals surface area contributed by atoms with Crippen molar-refractivity contribution < 1.29 is 29.0 Å². The third-order valence-electron chi connectivity index (χ3n) is 6.17. The van der Waals surface area contributed by atoms with Gasteiger partial charge < -0.3 is 15.2 Å². The number of fused-ring (bicyclic) bond motifs is 3. The molecule has 10 nitrogen and oxygen atoms in total. The van der Waals surface area contributed by atoms with Gasteiger partial charge in [0, 0.05) is 12.3 Å². The highest BCUT2D eigenvalue weighted by Crippen LogP contribution is 2.44. The smallest absolute Gasteiger partial charge is 0.407 e. The zero-order chi connectivity index (χ0) is 24.9. The number of hydrogen-bond donors (Lipinski definition) is 3. The first-order valence-electron chi connectivity index (χ1n) is 11.2. The van der Waals surface area contributed by atoms with Gasteiger partial charge in [-0.2, -0.15) is 5.26 Å². The van der Waals surface area contributed by atoms with Crippen LogP contribution < -0.4 is 10.7 Å². The Hall–Kier alpha value is -4.39. The average molecular weight is 476 g/mol. The first kappa shape index (κ1) is 23.8. The lowest BCUT2D eigenvalue weighted by atomic mass is 9.98. The molecule has 2 aromatic rings. The van der Waals surface area contributed by atoms with Crippen LogP contribution in [0.1, 0.15) is 42.7 Å². The minimum atomic E-state index is -1.38. The van der Waals surface area contributed by atoms with E-state index >= 15 is 0 Å². The second-order valence-corrected chi connectivity index (χ2v) is 8.37. The van der Waals surface area contributed by atoms with Crippen molar-refractivity contribution in [2.75, 3.05) is 6.61 Å². The molecule has 1 aliphatic heterocycles.